The molecule has 1 N–H and O–H groups in total. The number of hydrogen-bond donors (Lipinski definition) is 1. The van der Waals surface area contributed by atoms with E-state index < -0.39 is 10.0 Å². The minimum atomic E-state index is -3.68. The van der Waals surface area contributed by atoms with E-state index in [9.17, 15) is 13.2 Å². The Bertz CT molecular complexity index is 854. The van der Waals surface area contributed by atoms with Crippen molar-refractivity contribution in [1.82, 2.24) is 4.90 Å². The molecule has 0 saturated carbocycles. The Hall–Kier alpha value is -2.34. The summed E-state index contributed by atoms with van der Waals surface area (Å²) in [6.07, 6.45) is 3.21. The van der Waals surface area contributed by atoms with Gasteiger partial charge in [0, 0.05) is 18.7 Å². The maximum absolute atomic E-state index is 12.5. The van der Waals surface area contributed by atoms with Crippen LogP contribution in [0.25, 0.3) is 0 Å². The highest BCUT2D eigenvalue weighted by molar-refractivity contribution is 7.92. The van der Waals surface area contributed by atoms with Crippen molar-refractivity contribution < 1.29 is 13.2 Å². The van der Waals surface area contributed by atoms with Gasteiger partial charge >= 0.3 is 0 Å². The van der Waals surface area contributed by atoms with Crippen molar-refractivity contribution >= 4 is 21.6 Å². The second-order valence-corrected chi connectivity index (χ2v) is 7.98. The number of carbonyl (C=O) groups is 1. The molecule has 25 heavy (non-hydrogen) atoms. The first kappa shape index (κ1) is 17.5. The average Bonchev–Trinajstić information content (AvgIpc) is 2.64. The molecule has 1 amide bonds. The molecule has 2 aromatic carbocycles. The molecule has 2 aromatic rings. The van der Waals surface area contributed by atoms with Crippen LogP contribution in [0.1, 0.15) is 35.2 Å². The van der Waals surface area contributed by atoms with Gasteiger partial charge in [0.2, 0.25) is 0 Å². The zero-order valence-corrected chi connectivity index (χ0v) is 15.1. The van der Waals surface area contributed by atoms with Gasteiger partial charge in [-0.15, -0.1) is 0 Å². The largest absolute Gasteiger partial charge is 0.339 e. The van der Waals surface area contributed by atoms with Crippen LogP contribution >= 0.6 is 0 Å². The number of hydrogen-bond acceptors (Lipinski definition) is 3. The first-order valence-corrected chi connectivity index (χ1v) is 9.93. The second kappa shape index (κ2) is 7.27. The summed E-state index contributed by atoms with van der Waals surface area (Å²) in [7, 11) is -3.68. The standard InChI is InChI=1S/C19H22N2O3S/c1-15-7-3-4-8-18(15)20-25(23,24)17-11-9-16(10-12-17)19(22)21-13-5-2-6-14-21/h3-4,7-12,20H,2,5-6,13-14H2,1H3. The van der Waals surface area contributed by atoms with E-state index in [1.807, 2.05) is 24.0 Å². The fraction of sp³-hybridized carbons (Fsp3) is 0.316. The normalized spacial score (nSPS) is 15.0. The van der Waals surface area contributed by atoms with Crippen LogP contribution in [0.2, 0.25) is 0 Å². The fourth-order valence-electron chi connectivity index (χ4n) is 2.95. The number of rotatable bonds is 4. The van der Waals surface area contributed by atoms with E-state index in [4.69, 9.17) is 0 Å². The molecule has 0 radical (unpaired) electrons. The summed E-state index contributed by atoms with van der Waals surface area (Å²) in [6.45, 7) is 3.39. The number of anilines is 1. The fourth-order valence-corrected chi connectivity index (χ4v) is 4.08. The van der Waals surface area contributed by atoms with Crippen molar-refractivity contribution in [3.63, 3.8) is 0 Å². The number of sulfonamides is 1. The van der Waals surface area contributed by atoms with Crippen LogP contribution in [0.4, 0.5) is 5.69 Å². The zero-order valence-electron chi connectivity index (χ0n) is 14.2. The predicted molar refractivity (Wildman–Crippen MR) is 98.2 cm³/mol. The minimum absolute atomic E-state index is 0.0319. The van der Waals surface area contributed by atoms with E-state index in [0.717, 1.165) is 37.9 Å². The smallest absolute Gasteiger partial charge is 0.261 e. The van der Waals surface area contributed by atoms with Crippen LogP contribution in [-0.2, 0) is 10.0 Å². The van der Waals surface area contributed by atoms with Gasteiger partial charge in [-0.1, -0.05) is 18.2 Å². The van der Waals surface area contributed by atoms with Crippen LogP contribution in [-0.4, -0.2) is 32.3 Å². The third-order valence-corrected chi connectivity index (χ3v) is 5.83. The molecule has 1 heterocycles. The molecule has 1 saturated heterocycles. The van der Waals surface area contributed by atoms with Gasteiger partial charge in [-0.25, -0.2) is 8.42 Å². The topological polar surface area (TPSA) is 66.5 Å². The summed E-state index contributed by atoms with van der Waals surface area (Å²) in [5.74, 6) is -0.0319. The van der Waals surface area contributed by atoms with E-state index in [0.29, 0.717) is 11.3 Å². The van der Waals surface area contributed by atoms with Crippen LogP contribution in [0.5, 0.6) is 0 Å². The van der Waals surface area contributed by atoms with Gasteiger partial charge in [0.25, 0.3) is 15.9 Å². The molecule has 1 aliphatic rings. The van der Waals surface area contributed by atoms with Crippen LogP contribution in [0, 0.1) is 6.92 Å². The third kappa shape index (κ3) is 4.02. The Morgan fingerprint density at radius 1 is 0.960 bits per heavy atom. The molecule has 0 aromatic heterocycles. The van der Waals surface area contributed by atoms with Gasteiger partial charge in [0.1, 0.15) is 0 Å². The van der Waals surface area contributed by atoms with Gasteiger partial charge in [-0.2, -0.15) is 0 Å². The lowest BCUT2D eigenvalue weighted by Gasteiger charge is -2.26. The molecule has 0 aliphatic carbocycles. The monoisotopic (exact) mass is 358 g/mol. The summed E-state index contributed by atoms with van der Waals surface area (Å²) < 4.78 is 27.7. The number of carbonyl (C=O) groups excluding carboxylic acids is 1. The zero-order chi connectivity index (χ0) is 17.9. The maximum atomic E-state index is 12.5. The summed E-state index contributed by atoms with van der Waals surface area (Å²) in [5.41, 5.74) is 1.93. The predicted octanol–water partition coefficient (Wildman–Crippen LogP) is 3.42. The Balaban J connectivity index is 1.77. The lowest BCUT2D eigenvalue weighted by atomic mass is 10.1. The molecule has 3 rings (SSSR count). The van der Waals surface area contributed by atoms with E-state index in [2.05, 4.69) is 4.72 Å². The van der Waals surface area contributed by atoms with Crippen molar-refractivity contribution in [3.05, 3.63) is 59.7 Å². The molecule has 0 spiro atoms. The Morgan fingerprint density at radius 2 is 1.60 bits per heavy atom. The van der Waals surface area contributed by atoms with Gasteiger partial charge in [0.15, 0.2) is 0 Å². The molecular weight excluding hydrogens is 336 g/mol. The van der Waals surface area contributed by atoms with Gasteiger partial charge < -0.3 is 4.90 Å². The molecule has 132 valence electrons. The number of nitrogens with zero attached hydrogens (tertiary/aromatic N) is 1. The van der Waals surface area contributed by atoms with Gasteiger partial charge in [-0.3, -0.25) is 9.52 Å². The highest BCUT2D eigenvalue weighted by Crippen LogP contribution is 2.20. The lowest BCUT2D eigenvalue weighted by molar-refractivity contribution is 0.0724. The third-order valence-electron chi connectivity index (χ3n) is 4.44. The Kier molecular flexibility index (Phi) is 5.08. The highest BCUT2D eigenvalue weighted by atomic mass is 32.2. The Labute approximate surface area is 148 Å². The number of likely N-dealkylation sites (tertiary alicyclic amines) is 1. The van der Waals surface area contributed by atoms with Crippen LogP contribution in [0.3, 0.4) is 0 Å². The van der Waals surface area contributed by atoms with E-state index in [-0.39, 0.29) is 10.8 Å². The SMILES string of the molecule is Cc1ccccc1NS(=O)(=O)c1ccc(C(=O)N2CCCCC2)cc1. The molecule has 1 aliphatic heterocycles. The minimum Gasteiger partial charge on any atom is -0.339 e. The van der Waals surface area contributed by atoms with Crippen molar-refractivity contribution in [2.75, 3.05) is 17.8 Å². The quantitative estimate of drug-likeness (QED) is 0.911. The van der Waals surface area contributed by atoms with Crippen molar-refractivity contribution in [3.8, 4) is 0 Å². The van der Waals surface area contributed by atoms with Crippen LogP contribution < -0.4 is 4.72 Å². The number of nitrogens with one attached hydrogen (secondary N) is 1. The Morgan fingerprint density at radius 3 is 2.24 bits per heavy atom. The molecule has 5 nitrogen and oxygen atoms in total. The van der Waals surface area contributed by atoms with Crippen molar-refractivity contribution in [2.45, 2.75) is 31.1 Å². The van der Waals surface area contributed by atoms with Crippen molar-refractivity contribution in [1.29, 1.82) is 0 Å². The lowest BCUT2D eigenvalue weighted by Crippen LogP contribution is -2.35. The highest BCUT2D eigenvalue weighted by Gasteiger charge is 2.20. The molecule has 6 heteroatoms. The molecule has 1 fully saturated rings. The van der Waals surface area contributed by atoms with E-state index in [1.165, 1.54) is 12.1 Å². The molecular formula is C19H22N2O3S. The maximum Gasteiger partial charge on any atom is 0.261 e. The molecule has 0 unspecified atom stereocenters. The number of benzene rings is 2. The second-order valence-electron chi connectivity index (χ2n) is 6.30. The van der Waals surface area contributed by atoms with Crippen LogP contribution in [0.15, 0.2) is 53.4 Å². The molecule has 0 atom stereocenters. The number of amides is 1. The average molecular weight is 358 g/mol. The number of aryl methyl sites for hydroxylation is 1. The number of para-hydroxylation sites is 1. The summed E-state index contributed by atoms with van der Waals surface area (Å²) in [4.78, 5) is 14.4. The number of piperidine rings is 1. The van der Waals surface area contributed by atoms with Gasteiger partial charge in [-0.05, 0) is 62.1 Å². The summed E-state index contributed by atoms with van der Waals surface area (Å²) in [6, 6.07) is 13.3. The molecule has 0 bridgehead atoms. The van der Waals surface area contributed by atoms with Crippen molar-refractivity contribution in [2.24, 2.45) is 0 Å². The first-order valence-electron chi connectivity index (χ1n) is 8.45. The summed E-state index contributed by atoms with van der Waals surface area (Å²) in [5, 5.41) is 0. The van der Waals surface area contributed by atoms with E-state index >= 15 is 0 Å². The van der Waals surface area contributed by atoms with Gasteiger partial charge in [0.05, 0.1) is 10.6 Å². The summed E-state index contributed by atoms with van der Waals surface area (Å²) >= 11 is 0. The van der Waals surface area contributed by atoms with E-state index in [1.54, 1.807) is 24.3 Å². The first-order chi connectivity index (χ1) is 12.0.